The van der Waals surface area contributed by atoms with E-state index in [4.69, 9.17) is 0 Å². The van der Waals surface area contributed by atoms with Crippen molar-refractivity contribution in [3.63, 3.8) is 0 Å². The summed E-state index contributed by atoms with van der Waals surface area (Å²) >= 11 is 6.96. The summed E-state index contributed by atoms with van der Waals surface area (Å²) in [4.78, 5) is 4.56. The zero-order valence-electron chi connectivity index (χ0n) is 7.67. The van der Waals surface area contributed by atoms with Crippen LogP contribution in [0.2, 0.25) is 0 Å². The Balaban J connectivity index is 2.55. The molecule has 0 atom stereocenters. The fraction of sp³-hybridized carbons (Fsp3) is 0. The molecule has 15 heavy (non-hydrogen) atoms. The maximum Gasteiger partial charge on any atom is 0.0180 e. The summed E-state index contributed by atoms with van der Waals surface area (Å²) in [5.41, 5.74) is 2.10. The number of rotatable bonds is 0. The first-order valence-corrected chi connectivity index (χ1v) is 6.14. The normalized spacial score (nSPS) is 11.3. The minimum absolute atomic E-state index is 1.05. The van der Waals surface area contributed by atoms with E-state index in [1.807, 2.05) is 24.3 Å². The van der Waals surface area contributed by atoms with E-state index in [0.717, 1.165) is 20.0 Å². The number of hydrogen-bond donors (Lipinski definition) is 0. The van der Waals surface area contributed by atoms with Gasteiger partial charge in [-0.25, -0.2) is 0 Å². The lowest BCUT2D eigenvalue weighted by atomic mass is 10.2. The number of hydrogen-bond acceptors (Lipinski definition) is 0. The molecule has 0 aliphatic carbocycles. The fourth-order valence-corrected chi connectivity index (χ4v) is 2.49. The molecule has 0 unspecified atom stereocenters. The van der Waals surface area contributed by atoms with Crippen molar-refractivity contribution in [2.45, 2.75) is 0 Å². The summed E-state index contributed by atoms with van der Waals surface area (Å²) < 4.78 is 2.17. The van der Waals surface area contributed by atoms with Gasteiger partial charge in [-0.1, -0.05) is 44.0 Å². The summed E-state index contributed by atoms with van der Waals surface area (Å²) in [7, 11) is 0. The second-order valence-corrected chi connectivity index (χ2v) is 5.27. The minimum atomic E-state index is 1.05. The Morgan fingerprint density at radius 1 is 0.733 bits per heavy atom. The van der Waals surface area contributed by atoms with Crippen LogP contribution in [0.5, 0.6) is 0 Å². The standard InChI is InChI=1S/C12H6Br2N/c13-7-1-3-11-9(5-7)10-6-8(14)2-4-12(10)15-11/h1-6H/q-1. The first-order valence-electron chi connectivity index (χ1n) is 4.55. The molecule has 3 aromatic rings. The molecule has 2 aromatic carbocycles. The van der Waals surface area contributed by atoms with Crippen LogP contribution < -0.4 is 4.98 Å². The summed E-state index contributed by atoms with van der Waals surface area (Å²) in [5.74, 6) is 0. The lowest BCUT2D eigenvalue weighted by molar-refractivity contribution is 1.50. The summed E-state index contributed by atoms with van der Waals surface area (Å²) in [6.45, 7) is 0. The molecule has 0 aliphatic rings. The van der Waals surface area contributed by atoms with Gasteiger partial charge in [-0.05, 0) is 35.0 Å². The minimum Gasteiger partial charge on any atom is -0.657 e. The molecule has 1 heterocycles. The molecule has 1 aromatic heterocycles. The van der Waals surface area contributed by atoms with Crippen molar-refractivity contribution < 1.29 is 0 Å². The highest BCUT2D eigenvalue weighted by molar-refractivity contribution is 9.10. The van der Waals surface area contributed by atoms with Gasteiger partial charge in [0.2, 0.25) is 0 Å². The molecule has 0 bridgehead atoms. The molecular weight excluding hydrogens is 318 g/mol. The Hall–Kier alpha value is -0.800. The van der Waals surface area contributed by atoms with Gasteiger partial charge in [-0.2, -0.15) is 0 Å². The highest BCUT2D eigenvalue weighted by Gasteiger charge is 1.97. The first-order chi connectivity index (χ1) is 7.24. The highest BCUT2D eigenvalue weighted by atomic mass is 79.9. The quantitative estimate of drug-likeness (QED) is 0.595. The maximum absolute atomic E-state index is 4.56. The Morgan fingerprint density at radius 2 is 1.20 bits per heavy atom. The van der Waals surface area contributed by atoms with Gasteiger partial charge in [0, 0.05) is 8.95 Å². The molecule has 0 radical (unpaired) electrons. The van der Waals surface area contributed by atoms with E-state index in [2.05, 4.69) is 49.0 Å². The van der Waals surface area contributed by atoms with Crippen molar-refractivity contribution >= 4 is 53.7 Å². The molecule has 0 amide bonds. The van der Waals surface area contributed by atoms with Crippen LogP contribution in [0.4, 0.5) is 0 Å². The Morgan fingerprint density at radius 3 is 1.67 bits per heavy atom. The van der Waals surface area contributed by atoms with Gasteiger partial charge in [-0.3, -0.25) is 0 Å². The van der Waals surface area contributed by atoms with E-state index in [1.165, 1.54) is 10.8 Å². The summed E-state index contributed by atoms with van der Waals surface area (Å²) in [6, 6.07) is 12.3. The summed E-state index contributed by atoms with van der Waals surface area (Å²) in [6.07, 6.45) is 0. The van der Waals surface area contributed by atoms with E-state index < -0.39 is 0 Å². The number of nitrogens with zero attached hydrogens (tertiary/aromatic N) is 1. The van der Waals surface area contributed by atoms with Crippen molar-refractivity contribution in [2.24, 2.45) is 0 Å². The smallest absolute Gasteiger partial charge is 0.0180 e. The van der Waals surface area contributed by atoms with Crippen LogP contribution in [0.25, 0.3) is 21.8 Å². The zero-order chi connectivity index (χ0) is 10.4. The maximum atomic E-state index is 4.56. The van der Waals surface area contributed by atoms with E-state index in [9.17, 15) is 0 Å². The Bertz CT molecular complexity index is 599. The van der Waals surface area contributed by atoms with Crippen LogP contribution in [0.15, 0.2) is 45.3 Å². The van der Waals surface area contributed by atoms with E-state index in [1.54, 1.807) is 0 Å². The molecule has 0 saturated heterocycles. The molecule has 3 heteroatoms. The lowest BCUT2D eigenvalue weighted by Gasteiger charge is -1.98. The van der Waals surface area contributed by atoms with Crippen molar-refractivity contribution in [1.82, 2.24) is 4.98 Å². The molecule has 0 spiro atoms. The average molecular weight is 324 g/mol. The van der Waals surface area contributed by atoms with Crippen molar-refractivity contribution in [1.29, 1.82) is 0 Å². The average Bonchev–Trinajstić information content (AvgIpc) is 2.56. The molecule has 74 valence electrons. The van der Waals surface area contributed by atoms with Crippen molar-refractivity contribution in [3.05, 3.63) is 45.3 Å². The largest absolute Gasteiger partial charge is 0.657 e. The van der Waals surface area contributed by atoms with Gasteiger partial charge >= 0.3 is 0 Å². The third-order valence-electron chi connectivity index (χ3n) is 2.45. The molecule has 0 saturated carbocycles. The monoisotopic (exact) mass is 322 g/mol. The molecule has 3 rings (SSSR count). The number of fused-ring (bicyclic) bond motifs is 3. The lowest BCUT2D eigenvalue weighted by Crippen LogP contribution is -1.69. The zero-order valence-corrected chi connectivity index (χ0v) is 10.8. The van der Waals surface area contributed by atoms with Gasteiger partial charge in [0.05, 0.1) is 0 Å². The van der Waals surface area contributed by atoms with Crippen molar-refractivity contribution in [2.75, 3.05) is 0 Å². The topological polar surface area (TPSA) is 14.1 Å². The van der Waals surface area contributed by atoms with Crippen LogP contribution in [-0.2, 0) is 0 Å². The molecule has 0 fully saturated rings. The highest BCUT2D eigenvalue weighted by Crippen LogP contribution is 2.29. The number of benzene rings is 2. The third kappa shape index (κ3) is 1.50. The second-order valence-electron chi connectivity index (χ2n) is 3.43. The SMILES string of the molecule is Brc1ccc2[n-]c3ccc(Br)cc3c2c1. The molecule has 0 N–H and O–H groups in total. The molecular formula is C12H6Br2N-. The predicted octanol–water partition coefficient (Wildman–Crippen LogP) is 4.48. The number of halogens is 2. The van der Waals surface area contributed by atoms with Crippen LogP contribution in [0.1, 0.15) is 0 Å². The van der Waals surface area contributed by atoms with E-state index in [0.29, 0.717) is 0 Å². The van der Waals surface area contributed by atoms with Gasteiger partial charge in [-0.15, -0.1) is 11.0 Å². The number of aromatic nitrogens is 1. The Labute approximate surface area is 104 Å². The van der Waals surface area contributed by atoms with E-state index >= 15 is 0 Å². The van der Waals surface area contributed by atoms with Gasteiger partial charge < -0.3 is 4.98 Å². The predicted molar refractivity (Wildman–Crippen MR) is 70.2 cm³/mol. The van der Waals surface area contributed by atoms with Gasteiger partial charge in [0.15, 0.2) is 0 Å². The van der Waals surface area contributed by atoms with Gasteiger partial charge in [0.1, 0.15) is 0 Å². The Kier molecular flexibility index (Phi) is 2.11. The van der Waals surface area contributed by atoms with Crippen LogP contribution in [-0.4, -0.2) is 0 Å². The first kappa shape index (κ1) is 9.43. The molecule has 0 aliphatic heterocycles. The van der Waals surface area contributed by atoms with Crippen LogP contribution in [0, 0.1) is 0 Å². The summed E-state index contributed by atoms with van der Waals surface area (Å²) in [5, 5.41) is 2.39. The third-order valence-corrected chi connectivity index (χ3v) is 3.43. The molecule has 1 nitrogen and oxygen atoms in total. The van der Waals surface area contributed by atoms with Crippen LogP contribution in [0.3, 0.4) is 0 Å². The second kappa shape index (κ2) is 3.35. The fourth-order valence-electron chi connectivity index (χ4n) is 1.77. The van der Waals surface area contributed by atoms with Crippen LogP contribution >= 0.6 is 31.9 Å². The van der Waals surface area contributed by atoms with Crippen molar-refractivity contribution in [3.8, 4) is 0 Å². The van der Waals surface area contributed by atoms with E-state index in [-0.39, 0.29) is 0 Å². The van der Waals surface area contributed by atoms with Gasteiger partial charge in [0.25, 0.3) is 0 Å².